The lowest BCUT2D eigenvalue weighted by Gasteiger charge is -2.58. The van der Waals surface area contributed by atoms with E-state index in [9.17, 15) is 0 Å². The summed E-state index contributed by atoms with van der Waals surface area (Å²) in [6.45, 7) is 5.26. The number of hydrogen-bond donors (Lipinski definition) is 0. The topological polar surface area (TPSA) is 19.4 Å². The van der Waals surface area contributed by atoms with Gasteiger partial charge in [-0.25, -0.2) is 4.98 Å². The van der Waals surface area contributed by atoms with Crippen LogP contribution in [0.4, 0.5) is 11.5 Å². The van der Waals surface area contributed by atoms with Crippen LogP contribution in [-0.4, -0.2) is 19.5 Å². The molecule has 0 unspecified atom stereocenters. The molecule has 1 saturated heterocycles. The number of para-hydroxylation sites is 1. The Balaban J connectivity index is 1.09. The zero-order valence-corrected chi connectivity index (χ0v) is 39.3. The van der Waals surface area contributed by atoms with Crippen LogP contribution in [0.2, 0.25) is 13.1 Å². The average Bonchev–Trinajstić information content (AvgIpc) is 3.74. The van der Waals surface area contributed by atoms with Gasteiger partial charge >= 0.3 is 6.57 Å². The summed E-state index contributed by atoms with van der Waals surface area (Å²) in [6.07, 6.45) is 10.5. The van der Waals surface area contributed by atoms with E-state index in [2.05, 4.69) is 235 Å². The Morgan fingerprint density at radius 1 is 0.470 bits per heavy atom. The van der Waals surface area contributed by atoms with Crippen LogP contribution < -0.4 is 14.8 Å². The van der Waals surface area contributed by atoms with E-state index in [1.165, 1.54) is 88.3 Å². The molecule has 7 aromatic carbocycles. The molecule has 13 rings (SSSR count). The SMILES string of the molecule is C[Si](C)(B1N(c2ccc(-c3c(-c4ccccc4)cccc3-c3ccccc3)cn2)[C@@H](c2ccccc2)[C@H](c2ccccc2)N1c1ccccc1C12CC3CC(CC(C3)C1)C2)c1ccccc1. The van der Waals surface area contributed by atoms with Gasteiger partial charge in [-0.2, -0.15) is 0 Å². The summed E-state index contributed by atoms with van der Waals surface area (Å²) in [6, 6.07) is 77.2. The molecular formula is C61H58BN3Si. The lowest BCUT2D eigenvalue weighted by atomic mass is 9.48. The number of hydrogen-bond acceptors (Lipinski definition) is 3. The van der Waals surface area contributed by atoms with Crippen LogP contribution in [-0.2, 0) is 5.41 Å². The molecule has 5 aliphatic rings. The van der Waals surface area contributed by atoms with Crippen molar-refractivity contribution in [1.82, 2.24) is 4.98 Å². The van der Waals surface area contributed by atoms with Crippen molar-refractivity contribution in [2.24, 2.45) is 17.8 Å². The van der Waals surface area contributed by atoms with E-state index >= 15 is 0 Å². The van der Waals surface area contributed by atoms with E-state index in [1.807, 2.05) is 0 Å². The highest BCUT2D eigenvalue weighted by atomic mass is 28.3. The van der Waals surface area contributed by atoms with Crippen LogP contribution in [0.3, 0.4) is 0 Å². The van der Waals surface area contributed by atoms with Crippen LogP contribution in [0.15, 0.2) is 212 Å². The number of aromatic nitrogens is 1. The minimum Gasteiger partial charge on any atom is -0.389 e. The Bertz CT molecular complexity index is 2850. The molecule has 0 amide bonds. The molecule has 66 heavy (non-hydrogen) atoms. The quantitative estimate of drug-likeness (QED) is 0.128. The van der Waals surface area contributed by atoms with Crippen LogP contribution >= 0.6 is 0 Å². The molecule has 1 aromatic heterocycles. The van der Waals surface area contributed by atoms with E-state index in [0.29, 0.717) is 0 Å². The van der Waals surface area contributed by atoms with Gasteiger partial charge in [0.1, 0.15) is 13.8 Å². The van der Waals surface area contributed by atoms with Crippen molar-refractivity contribution >= 4 is 31.2 Å². The molecule has 4 aliphatic carbocycles. The maximum Gasteiger partial charge on any atom is 0.363 e. The monoisotopic (exact) mass is 871 g/mol. The number of pyridine rings is 1. The second-order valence-corrected chi connectivity index (χ2v) is 25.1. The zero-order valence-electron chi connectivity index (χ0n) is 38.3. The first-order chi connectivity index (χ1) is 32.4. The Hall–Kier alpha value is -6.43. The molecule has 4 saturated carbocycles. The third-order valence-electron chi connectivity index (χ3n) is 16.2. The van der Waals surface area contributed by atoms with Crippen molar-refractivity contribution in [1.29, 1.82) is 0 Å². The lowest BCUT2D eigenvalue weighted by Crippen LogP contribution is -2.68. The van der Waals surface area contributed by atoms with Crippen molar-refractivity contribution in [3.63, 3.8) is 0 Å². The van der Waals surface area contributed by atoms with E-state index in [0.717, 1.165) is 29.1 Å². The maximum atomic E-state index is 5.69. The Labute approximate surface area is 393 Å². The summed E-state index contributed by atoms with van der Waals surface area (Å²) in [4.78, 5) is 11.4. The first-order valence-corrected chi connectivity index (χ1v) is 27.5. The molecule has 5 heteroatoms. The van der Waals surface area contributed by atoms with Gasteiger partial charge in [0.25, 0.3) is 0 Å². The van der Waals surface area contributed by atoms with Crippen molar-refractivity contribution < 1.29 is 0 Å². The van der Waals surface area contributed by atoms with Crippen molar-refractivity contribution in [2.75, 3.05) is 9.62 Å². The van der Waals surface area contributed by atoms with Gasteiger partial charge in [-0.1, -0.05) is 206 Å². The van der Waals surface area contributed by atoms with Crippen molar-refractivity contribution in [3.8, 4) is 33.4 Å². The third-order valence-corrected chi connectivity index (χ3v) is 19.9. The predicted molar refractivity (Wildman–Crippen MR) is 279 cm³/mol. The molecule has 2 heterocycles. The van der Waals surface area contributed by atoms with E-state index in [1.54, 1.807) is 5.56 Å². The largest absolute Gasteiger partial charge is 0.389 e. The highest BCUT2D eigenvalue weighted by molar-refractivity contribution is 7.40. The average molecular weight is 872 g/mol. The van der Waals surface area contributed by atoms with Gasteiger partial charge in [0.15, 0.2) is 0 Å². The highest BCUT2D eigenvalue weighted by Crippen LogP contribution is 2.63. The summed E-state index contributed by atoms with van der Waals surface area (Å²) in [5.41, 5.74) is 13.0. The second-order valence-electron chi connectivity index (χ2n) is 20.6. The van der Waals surface area contributed by atoms with Gasteiger partial charge in [-0.15, -0.1) is 0 Å². The van der Waals surface area contributed by atoms with Gasteiger partial charge in [-0.3, -0.25) is 0 Å². The van der Waals surface area contributed by atoms with Crippen molar-refractivity contribution in [3.05, 3.63) is 229 Å². The molecular weight excluding hydrogens is 814 g/mol. The molecule has 2 atom stereocenters. The van der Waals surface area contributed by atoms with Gasteiger partial charge in [-0.05, 0) is 124 Å². The Morgan fingerprint density at radius 2 is 0.939 bits per heavy atom. The number of rotatable bonds is 10. The summed E-state index contributed by atoms with van der Waals surface area (Å²) >= 11 is 0. The minimum atomic E-state index is -2.47. The number of benzene rings is 7. The van der Waals surface area contributed by atoms with Gasteiger partial charge < -0.3 is 9.62 Å². The van der Waals surface area contributed by atoms with Gasteiger partial charge in [0.2, 0.25) is 0 Å². The Morgan fingerprint density at radius 3 is 1.45 bits per heavy atom. The molecule has 1 aliphatic heterocycles. The fourth-order valence-electron chi connectivity index (χ4n) is 13.8. The lowest BCUT2D eigenvalue weighted by molar-refractivity contribution is -0.00494. The van der Waals surface area contributed by atoms with Crippen LogP contribution in [0.5, 0.6) is 0 Å². The normalized spacial score (nSPS) is 23.4. The fourth-order valence-corrected chi connectivity index (χ4v) is 17.2. The first kappa shape index (κ1) is 41.0. The molecule has 8 aromatic rings. The highest BCUT2D eigenvalue weighted by Gasteiger charge is 2.61. The Kier molecular flexibility index (Phi) is 10.4. The summed E-state index contributed by atoms with van der Waals surface area (Å²) in [5, 5.41) is 1.46. The molecule has 0 N–H and O–H groups in total. The van der Waals surface area contributed by atoms with E-state index in [-0.39, 0.29) is 24.1 Å². The molecule has 3 nitrogen and oxygen atoms in total. The summed E-state index contributed by atoms with van der Waals surface area (Å²) in [5.74, 6) is 3.57. The summed E-state index contributed by atoms with van der Waals surface area (Å²) < 4.78 is 0. The zero-order chi connectivity index (χ0) is 44.2. The standard InChI is InChI=1S/C61H58BN3Si/c1-66(2,52-29-16-7-17-30-52)62-64(56-34-19-18-33-55(56)61-40-44-37-45(41-61)39-46(38-44)42-61)59(49-25-12-5-13-26-49)60(50-27-14-6-15-28-50)65(62)57-36-35-51(43-63-57)58-53(47-21-8-3-9-22-47)31-20-32-54(58)48-23-10-4-11-24-48/h3-36,43-46,59-60H,37-42H2,1-2H3/t44?,45?,46?,59-,60-,61?/m0/s1. The molecule has 0 radical (unpaired) electrons. The number of nitrogens with zero attached hydrogens (tertiary/aromatic N) is 3. The van der Waals surface area contributed by atoms with Gasteiger partial charge in [0, 0.05) is 17.4 Å². The molecule has 0 spiro atoms. The van der Waals surface area contributed by atoms with E-state index in [4.69, 9.17) is 4.98 Å². The fraction of sp³-hybridized carbons (Fsp3) is 0.230. The van der Waals surface area contributed by atoms with Crippen LogP contribution in [0, 0.1) is 17.8 Å². The smallest absolute Gasteiger partial charge is 0.363 e. The third kappa shape index (κ3) is 7.06. The first-order valence-electron chi connectivity index (χ1n) is 24.5. The molecule has 5 fully saturated rings. The minimum absolute atomic E-state index is 0.0201. The maximum absolute atomic E-state index is 5.69. The van der Waals surface area contributed by atoms with Crippen molar-refractivity contribution in [2.45, 2.75) is 69.1 Å². The summed E-state index contributed by atoms with van der Waals surface area (Å²) in [7, 11) is -2.47. The van der Waals surface area contributed by atoms with Crippen LogP contribution in [0.1, 0.15) is 67.3 Å². The molecule has 4 bridgehead atoms. The molecule has 324 valence electrons. The van der Waals surface area contributed by atoms with Crippen LogP contribution in [0.25, 0.3) is 33.4 Å². The number of anilines is 2. The second kappa shape index (κ2) is 16.8. The van der Waals surface area contributed by atoms with Gasteiger partial charge in [0.05, 0.1) is 12.1 Å². The predicted octanol–water partition coefficient (Wildman–Crippen LogP) is 14.5. The van der Waals surface area contributed by atoms with E-state index < -0.39 is 7.94 Å².